The van der Waals surface area contributed by atoms with Crippen LogP contribution in [0, 0.1) is 11.3 Å². The Hall–Kier alpha value is -4.60. The molecule has 4 aromatic rings. The fourth-order valence-corrected chi connectivity index (χ4v) is 7.64. The number of likely N-dealkylation sites (tertiary alicyclic amines) is 1. The summed E-state index contributed by atoms with van der Waals surface area (Å²) in [6.07, 6.45) is 4.32. The molecule has 2 aromatic carbocycles. The van der Waals surface area contributed by atoms with E-state index in [4.69, 9.17) is 11.1 Å². The van der Waals surface area contributed by atoms with Crippen molar-refractivity contribution >= 4 is 55.8 Å². The molecular formula is C31H36N8O5S2. The summed E-state index contributed by atoms with van der Waals surface area (Å²) >= 11 is 1.17. The topological polar surface area (TPSA) is 203 Å². The number of ketones is 1. The van der Waals surface area contributed by atoms with E-state index in [1.165, 1.54) is 17.5 Å². The molecule has 0 saturated carbocycles. The number of benzene rings is 2. The summed E-state index contributed by atoms with van der Waals surface area (Å²) in [7, 11) is -3.94. The molecule has 3 heterocycles. The second kappa shape index (κ2) is 14.7. The monoisotopic (exact) mass is 664 g/mol. The zero-order valence-electron chi connectivity index (χ0n) is 24.9. The van der Waals surface area contributed by atoms with Crippen LogP contribution in [0.4, 0.5) is 0 Å². The fraction of sp³-hybridized carbons (Fsp3) is 0.323. The summed E-state index contributed by atoms with van der Waals surface area (Å²) < 4.78 is 28.9. The van der Waals surface area contributed by atoms with E-state index in [1.54, 1.807) is 46.8 Å². The predicted octanol–water partition coefficient (Wildman–Crippen LogP) is 1.74. The van der Waals surface area contributed by atoms with Gasteiger partial charge in [0, 0.05) is 48.2 Å². The van der Waals surface area contributed by atoms with Gasteiger partial charge in [-0.3, -0.25) is 19.8 Å². The van der Waals surface area contributed by atoms with Gasteiger partial charge in [-0.25, -0.2) is 18.1 Å². The van der Waals surface area contributed by atoms with Crippen molar-refractivity contribution in [3.05, 3.63) is 88.5 Å². The number of carbonyl (C=O) groups is 3. The van der Waals surface area contributed by atoms with Crippen LogP contribution in [0.3, 0.4) is 0 Å². The van der Waals surface area contributed by atoms with Crippen LogP contribution in [-0.2, 0) is 31.8 Å². The summed E-state index contributed by atoms with van der Waals surface area (Å²) in [6, 6.07) is 14.1. The molecule has 5 rings (SSSR count). The number of carbonyl (C=O) groups excluding carboxylic acids is 3. The van der Waals surface area contributed by atoms with Crippen molar-refractivity contribution in [3.63, 3.8) is 0 Å². The first-order valence-corrected chi connectivity index (χ1v) is 17.3. The summed E-state index contributed by atoms with van der Waals surface area (Å²) in [6.45, 7) is 0.301. The number of aromatic amines is 1. The molecule has 242 valence electrons. The van der Waals surface area contributed by atoms with Crippen LogP contribution in [0.1, 0.15) is 33.8 Å². The summed E-state index contributed by atoms with van der Waals surface area (Å²) in [5.74, 6) is -2.43. The summed E-state index contributed by atoms with van der Waals surface area (Å²) in [5.41, 5.74) is 7.91. The maximum Gasteiger partial charge on any atom is 0.240 e. The molecule has 0 aliphatic carbocycles. The van der Waals surface area contributed by atoms with Crippen LogP contribution < -0.4 is 21.1 Å². The van der Waals surface area contributed by atoms with Crippen molar-refractivity contribution in [2.24, 2.45) is 11.7 Å². The Morgan fingerprint density at radius 2 is 1.80 bits per heavy atom. The van der Waals surface area contributed by atoms with Crippen LogP contribution in [0.25, 0.3) is 10.9 Å². The van der Waals surface area contributed by atoms with E-state index in [1.807, 2.05) is 24.3 Å². The number of para-hydroxylation sites is 1. The Labute approximate surface area is 270 Å². The summed E-state index contributed by atoms with van der Waals surface area (Å²) in [5, 5.41) is 15.9. The van der Waals surface area contributed by atoms with E-state index < -0.39 is 46.4 Å². The number of rotatable bonds is 13. The van der Waals surface area contributed by atoms with Gasteiger partial charge < -0.3 is 26.3 Å². The number of guanidine groups is 1. The average molecular weight is 665 g/mol. The minimum absolute atomic E-state index is 0.0877. The molecule has 46 heavy (non-hydrogen) atoms. The van der Waals surface area contributed by atoms with Crippen LogP contribution in [0.5, 0.6) is 0 Å². The van der Waals surface area contributed by atoms with Crippen molar-refractivity contribution in [2.45, 2.75) is 37.1 Å². The molecule has 1 saturated heterocycles. The number of thiazole rings is 1. The molecule has 15 heteroatoms. The van der Waals surface area contributed by atoms with Crippen LogP contribution >= 0.6 is 11.3 Å². The molecule has 0 bridgehead atoms. The van der Waals surface area contributed by atoms with Gasteiger partial charge in [0.1, 0.15) is 6.04 Å². The fourth-order valence-electron chi connectivity index (χ4n) is 5.61. The van der Waals surface area contributed by atoms with Crippen molar-refractivity contribution in [1.82, 2.24) is 30.2 Å². The molecule has 2 amide bonds. The minimum atomic E-state index is -3.94. The van der Waals surface area contributed by atoms with E-state index in [9.17, 15) is 22.8 Å². The Morgan fingerprint density at radius 1 is 1.09 bits per heavy atom. The maximum atomic E-state index is 13.5. The van der Waals surface area contributed by atoms with E-state index in [0.29, 0.717) is 31.5 Å². The number of Topliss-reactive ketones (excluding diaryl/α,β-unsaturated/α-hetero) is 1. The third kappa shape index (κ3) is 8.35. The molecule has 1 aliphatic rings. The highest BCUT2D eigenvalue weighted by Gasteiger charge is 2.35. The Morgan fingerprint density at radius 3 is 2.50 bits per heavy atom. The zero-order chi connectivity index (χ0) is 32.7. The molecule has 2 atom stereocenters. The molecule has 1 aliphatic heterocycles. The average Bonchev–Trinajstić information content (AvgIpc) is 3.73. The van der Waals surface area contributed by atoms with Gasteiger partial charge in [0.05, 0.1) is 18.3 Å². The number of aromatic nitrogens is 2. The SMILES string of the molecule is N=C(N)N1CCC(C(NS(=O)(=O)Cc2ccccc2)C(=O)NCC(=O)NC(Cc2c[nH]c3ccccc23)C(=O)c2nccs2)CC1. The Bertz CT molecular complexity index is 1790. The number of nitrogens with two attached hydrogens (primary N) is 1. The van der Waals surface area contributed by atoms with E-state index in [2.05, 4.69) is 25.3 Å². The minimum Gasteiger partial charge on any atom is -0.370 e. The molecular weight excluding hydrogens is 629 g/mol. The smallest absolute Gasteiger partial charge is 0.240 e. The number of hydrogen-bond donors (Lipinski definition) is 6. The lowest BCUT2D eigenvalue weighted by atomic mass is 9.89. The van der Waals surface area contributed by atoms with Crippen molar-refractivity contribution in [1.29, 1.82) is 5.41 Å². The number of H-pyrrole nitrogens is 1. The number of sulfonamides is 1. The zero-order valence-corrected chi connectivity index (χ0v) is 26.6. The van der Waals surface area contributed by atoms with Gasteiger partial charge in [0.15, 0.2) is 11.0 Å². The van der Waals surface area contributed by atoms with Crippen LogP contribution in [-0.4, -0.2) is 78.6 Å². The molecule has 2 unspecified atom stereocenters. The molecule has 1 fully saturated rings. The van der Waals surface area contributed by atoms with Gasteiger partial charge in [0.2, 0.25) is 27.6 Å². The maximum absolute atomic E-state index is 13.5. The van der Waals surface area contributed by atoms with Crippen LogP contribution in [0.15, 0.2) is 72.4 Å². The highest BCUT2D eigenvalue weighted by Crippen LogP contribution is 2.23. The number of amides is 2. The molecule has 13 nitrogen and oxygen atoms in total. The highest BCUT2D eigenvalue weighted by atomic mass is 32.2. The normalized spacial score (nSPS) is 15.3. The van der Waals surface area contributed by atoms with Crippen LogP contribution in [0.2, 0.25) is 0 Å². The lowest BCUT2D eigenvalue weighted by molar-refractivity contribution is -0.128. The van der Waals surface area contributed by atoms with E-state index in [0.717, 1.165) is 16.5 Å². The first kappa shape index (κ1) is 32.8. The second-order valence-electron chi connectivity index (χ2n) is 11.2. The lowest BCUT2D eigenvalue weighted by Crippen LogP contribution is -2.55. The first-order chi connectivity index (χ1) is 22.1. The largest absolute Gasteiger partial charge is 0.370 e. The van der Waals surface area contributed by atoms with Crippen molar-refractivity contribution < 1.29 is 22.8 Å². The van der Waals surface area contributed by atoms with Gasteiger partial charge in [-0.2, -0.15) is 0 Å². The quantitative estimate of drug-likeness (QED) is 0.0704. The van der Waals surface area contributed by atoms with Gasteiger partial charge >= 0.3 is 0 Å². The number of nitrogens with one attached hydrogen (secondary N) is 5. The van der Waals surface area contributed by atoms with Gasteiger partial charge in [-0.05, 0) is 36.0 Å². The molecule has 7 N–H and O–H groups in total. The lowest BCUT2D eigenvalue weighted by Gasteiger charge is -2.35. The van der Waals surface area contributed by atoms with E-state index in [-0.39, 0.29) is 28.9 Å². The Kier molecular flexibility index (Phi) is 10.4. The number of hydrogen-bond acceptors (Lipinski definition) is 8. The third-order valence-corrected chi connectivity index (χ3v) is 10.1. The standard InChI is InChI=1S/C31H36N8O5S2/c32-31(33)39-13-10-21(11-14-39)27(38-46(43,44)19-20-6-2-1-3-7-20)29(42)36-18-26(40)37-25(28(41)30-34-12-15-45-30)16-22-17-35-24-9-5-4-8-23(22)24/h1-9,12,15,17,21,25,27,35,38H,10-11,13-14,16,18-19H2,(H3,32,33)(H,36,42)(H,37,40). The first-order valence-electron chi connectivity index (χ1n) is 14.8. The third-order valence-electron chi connectivity index (χ3n) is 7.96. The second-order valence-corrected chi connectivity index (χ2v) is 13.8. The van der Waals surface area contributed by atoms with E-state index >= 15 is 0 Å². The number of piperidine rings is 1. The van der Waals surface area contributed by atoms with Gasteiger partial charge in [-0.15, -0.1) is 11.3 Å². The highest BCUT2D eigenvalue weighted by molar-refractivity contribution is 7.88. The molecule has 0 spiro atoms. The predicted molar refractivity (Wildman–Crippen MR) is 176 cm³/mol. The van der Waals surface area contributed by atoms with Crippen molar-refractivity contribution in [3.8, 4) is 0 Å². The number of fused-ring (bicyclic) bond motifs is 1. The van der Waals surface area contributed by atoms with Crippen molar-refractivity contribution in [2.75, 3.05) is 19.6 Å². The number of nitrogens with zero attached hydrogens (tertiary/aromatic N) is 2. The molecule has 0 radical (unpaired) electrons. The molecule has 2 aromatic heterocycles. The Balaban J connectivity index is 1.28. The van der Waals surface area contributed by atoms with Gasteiger partial charge in [0.25, 0.3) is 0 Å². The van der Waals surface area contributed by atoms with Gasteiger partial charge in [-0.1, -0.05) is 48.5 Å². The summed E-state index contributed by atoms with van der Waals surface area (Å²) in [4.78, 5) is 49.0.